The molecule has 2 aromatic carbocycles. The van der Waals surface area contributed by atoms with Gasteiger partial charge in [0.15, 0.2) is 0 Å². The predicted octanol–water partition coefficient (Wildman–Crippen LogP) is 2.35. The smallest absolute Gasteiger partial charge is 0.330 e. The second-order valence-electron chi connectivity index (χ2n) is 7.17. The molecule has 0 aromatic heterocycles. The van der Waals surface area contributed by atoms with Crippen molar-refractivity contribution < 1.29 is 23.9 Å². The number of nitrogens with zero attached hydrogens (tertiary/aromatic N) is 2. The van der Waals surface area contributed by atoms with Gasteiger partial charge in [0, 0.05) is 19.7 Å². The van der Waals surface area contributed by atoms with E-state index in [2.05, 4.69) is 0 Å². The van der Waals surface area contributed by atoms with Crippen LogP contribution >= 0.6 is 0 Å². The Kier molecular flexibility index (Phi) is 5.50. The maximum atomic E-state index is 12.8. The van der Waals surface area contributed by atoms with Crippen molar-refractivity contribution in [3.8, 4) is 0 Å². The predicted molar refractivity (Wildman–Crippen MR) is 105 cm³/mol. The number of hydrogen-bond donors (Lipinski definition) is 0. The average Bonchev–Trinajstić information content (AvgIpc) is 2.95. The summed E-state index contributed by atoms with van der Waals surface area (Å²) in [6.07, 6.45) is -1.17. The Morgan fingerprint density at radius 2 is 1.59 bits per heavy atom. The van der Waals surface area contributed by atoms with E-state index in [1.165, 1.54) is 11.8 Å². The van der Waals surface area contributed by atoms with E-state index in [1.54, 1.807) is 62.6 Å². The van der Waals surface area contributed by atoms with Crippen LogP contribution in [0.5, 0.6) is 0 Å². The number of benzene rings is 2. The third-order valence-electron chi connectivity index (χ3n) is 4.80. The standard InChI is InChI=1S/C22H22N2O5/c1-13-10-11-16-17(12-13)20(26)24(19(16)25)14(2)22(28)29-18(21(27)23(3)4)15-8-6-5-7-9-15/h5-12,14,18H,1-4H3. The number of likely N-dealkylation sites (N-methyl/N-ethyl adjacent to an activating group) is 1. The molecule has 2 atom stereocenters. The summed E-state index contributed by atoms with van der Waals surface area (Å²) in [4.78, 5) is 53.0. The van der Waals surface area contributed by atoms with Crippen molar-refractivity contribution in [2.45, 2.75) is 26.0 Å². The van der Waals surface area contributed by atoms with Crippen LogP contribution in [0.25, 0.3) is 0 Å². The van der Waals surface area contributed by atoms with Crippen LogP contribution in [-0.2, 0) is 14.3 Å². The van der Waals surface area contributed by atoms with Crippen LogP contribution in [-0.4, -0.2) is 53.6 Å². The molecule has 0 saturated carbocycles. The zero-order chi connectivity index (χ0) is 21.3. The van der Waals surface area contributed by atoms with E-state index >= 15 is 0 Å². The van der Waals surface area contributed by atoms with Crippen molar-refractivity contribution in [2.24, 2.45) is 0 Å². The summed E-state index contributed by atoms with van der Waals surface area (Å²) in [5.74, 6) is -2.35. The normalized spacial score (nSPS) is 15.0. The summed E-state index contributed by atoms with van der Waals surface area (Å²) >= 11 is 0. The molecular weight excluding hydrogens is 372 g/mol. The Bertz CT molecular complexity index is 984. The molecule has 150 valence electrons. The van der Waals surface area contributed by atoms with E-state index in [1.807, 2.05) is 6.92 Å². The minimum atomic E-state index is -1.18. The summed E-state index contributed by atoms with van der Waals surface area (Å²) < 4.78 is 5.48. The van der Waals surface area contributed by atoms with Gasteiger partial charge >= 0.3 is 5.97 Å². The number of amides is 3. The van der Waals surface area contributed by atoms with Gasteiger partial charge in [-0.1, -0.05) is 42.0 Å². The number of imide groups is 1. The first-order chi connectivity index (χ1) is 13.7. The maximum absolute atomic E-state index is 12.8. The second-order valence-corrected chi connectivity index (χ2v) is 7.17. The zero-order valence-corrected chi connectivity index (χ0v) is 16.7. The molecule has 1 heterocycles. The van der Waals surface area contributed by atoms with Crippen LogP contribution in [0.3, 0.4) is 0 Å². The highest BCUT2D eigenvalue weighted by molar-refractivity contribution is 6.22. The second kappa shape index (κ2) is 7.87. The van der Waals surface area contributed by atoms with E-state index < -0.39 is 35.8 Å². The minimum absolute atomic E-state index is 0.254. The van der Waals surface area contributed by atoms with Gasteiger partial charge in [-0.3, -0.25) is 19.3 Å². The molecule has 0 N–H and O–H groups in total. The van der Waals surface area contributed by atoms with E-state index in [-0.39, 0.29) is 11.1 Å². The zero-order valence-electron chi connectivity index (χ0n) is 16.7. The van der Waals surface area contributed by atoms with Crippen LogP contribution in [0.4, 0.5) is 0 Å². The van der Waals surface area contributed by atoms with Crippen LogP contribution in [0.1, 0.15) is 44.9 Å². The van der Waals surface area contributed by atoms with Crippen molar-refractivity contribution >= 4 is 23.7 Å². The third-order valence-corrected chi connectivity index (χ3v) is 4.80. The molecule has 0 bridgehead atoms. The first-order valence-corrected chi connectivity index (χ1v) is 9.17. The first kappa shape index (κ1) is 20.3. The summed E-state index contributed by atoms with van der Waals surface area (Å²) in [5.41, 5.74) is 1.86. The van der Waals surface area contributed by atoms with Crippen molar-refractivity contribution in [1.29, 1.82) is 0 Å². The summed E-state index contributed by atoms with van der Waals surface area (Å²) in [6, 6.07) is 12.3. The molecule has 3 amide bonds. The highest BCUT2D eigenvalue weighted by atomic mass is 16.6. The van der Waals surface area contributed by atoms with E-state index in [4.69, 9.17) is 4.74 Å². The van der Waals surface area contributed by atoms with Gasteiger partial charge in [0.25, 0.3) is 17.7 Å². The molecule has 2 unspecified atom stereocenters. The van der Waals surface area contributed by atoms with Crippen LogP contribution < -0.4 is 0 Å². The Morgan fingerprint density at radius 1 is 0.966 bits per heavy atom. The Morgan fingerprint density at radius 3 is 2.21 bits per heavy atom. The van der Waals surface area contributed by atoms with Gasteiger partial charge in [0.05, 0.1) is 11.1 Å². The number of esters is 1. The van der Waals surface area contributed by atoms with Gasteiger partial charge in [-0.05, 0) is 26.0 Å². The Balaban J connectivity index is 1.85. The molecule has 7 nitrogen and oxygen atoms in total. The molecule has 0 saturated heterocycles. The van der Waals surface area contributed by atoms with Gasteiger partial charge in [0.1, 0.15) is 6.04 Å². The summed E-state index contributed by atoms with van der Waals surface area (Å²) in [7, 11) is 3.12. The molecule has 7 heteroatoms. The summed E-state index contributed by atoms with van der Waals surface area (Å²) in [6.45, 7) is 3.23. The fourth-order valence-corrected chi connectivity index (χ4v) is 3.17. The molecule has 0 radical (unpaired) electrons. The lowest BCUT2D eigenvalue weighted by Crippen LogP contribution is -2.45. The van der Waals surface area contributed by atoms with Gasteiger partial charge in [-0.2, -0.15) is 0 Å². The first-order valence-electron chi connectivity index (χ1n) is 9.17. The number of aryl methyl sites for hydroxylation is 1. The van der Waals surface area contributed by atoms with Gasteiger partial charge in [-0.15, -0.1) is 0 Å². The molecular formula is C22H22N2O5. The largest absolute Gasteiger partial charge is 0.446 e. The van der Waals surface area contributed by atoms with Crippen LogP contribution in [0.15, 0.2) is 48.5 Å². The monoisotopic (exact) mass is 394 g/mol. The van der Waals surface area contributed by atoms with E-state index in [9.17, 15) is 19.2 Å². The highest BCUT2D eigenvalue weighted by Gasteiger charge is 2.42. The van der Waals surface area contributed by atoms with Crippen molar-refractivity contribution in [3.63, 3.8) is 0 Å². The third kappa shape index (κ3) is 3.76. The van der Waals surface area contributed by atoms with E-state index in [0.717, 1.165) is 10.5 Å². The fourth-order valence-electron chi connectivity index (χ4n) is 3.17. The average molecular weight is 394 g/mol. The van der Waals surface area contributed by atoms with Crippen LogP contribution in [0.2, 0.25) is 0 Å². The number of hydrogen-bond acceptors (Lipinski definition) is 5. The molecule has 0 fully saturated rings. The Hall–Kier alpha value is -3.48. The quantitative estimate of drug-likeness (QED) is 0.574. The van der Waals surface area contributed by atoms with Crippen molar-refractivity contribution in [2.75, 3.05) is 14.1 Å². The number of carbonyl (C=O) groups excluding carboxylic acids is 4. The lowest BCUT2D eigenvalue weighted by molar-refractivity contribution is -0.162. The highest BCUT2D eigenvalue weighted by Crippen LogP contribution is 2.27. The molecule has 0 spiro atoms. The van der Waals surface area contributed by atoms with E-state index in [0.29, 0.717) is 5.56 Å². The molecule has 2 aromatic rings. The molecule has 29 heavy (non-hydrogen) atoms. The lowest BCUT2D eigenvalue weighted by Gasteiger charge is -2.25. The lowest BCUT2D eigenvalue weighted by atomic mass is 10.1. The number of rotatable bonds is 5. The summed E-state index contributed by atoms with van der Waals surface area (Å²) in [5, 5.41) is 0. The number of fused-ring (bicyclic) bond motifs is 1. The van der Waals surface area contributed by atoms with Gasteiger partial charge < -0.3 is 9.64 Å². The minimum Gasteiger partial charge on any atom is -0.446 e. The number of ether oxygens (including phenoxy) is 1. The molecule has 1 aliphatic heterocycles. The van der Waals surface area contributed by atoms with Crippen LogP contribution in [0, 0.1) is 6.92 Å². The fraction of sp³-hybridized carbons (Fsp3) is 0.273. The maximum Gasteiger partial charge on any atom is 0.330 e. The van der Waals surface area contributed by atoms with Crippen molar-refractivity contribution in [1.82, 2.24) is 9.80 Å². The topological polar surface area (TPSA) is 84.0 Å². The molecule has 1 aliphatic rings. The Labute approximate surface area is 168 Å². The number of carbonyl (C=O) groups is 4. The SMILES string of the molecule is Cc1ccc2c(c1)C(=O)N(C(C)C(=O)OC(C(=O)N(C)C)c1ccccc1)C2=O. The molecule has 3 rings (SSSR count). The molecule has 0 aliphatic carbocycles. The van der Waals surface area contributed by atoms with Crippen molar-refractivity contribution in [3.05, 3.63) is 70.8 Å². The van der Waals surface area contributed by atoms with Gasteiger partial charge in [-0.25, -0.2) is 4.79 Å². The van der Waals surface area contributed by atoms with Gasteiger partial charge in [0.2, 0.25) is 6.10 Å².